The molecule has 212 valence electrons. The molecule has 3 rings (SSSR count). The van der Waals surface area contributed by atoms with Crippen molar-refractivity contribution >= 4 is 27.7 Å². The zero-order valence-electron chi connectivity index (χ0n) is 21.4. The van der Waals surface area contributed by atoms with Gasteiger partial charge in [0, 0.05) is 17.9 Å². The first-order chi connectivity index (χ1) is 18.0. The van der Waals surface area contributed by atoms with Gasteiger partial charge in [-0.2, -0.15) is 17.5 Å². The van der Waals surface area contributed by atoms with Gasteiger partial charge in [0.25, 0.3) is 5.91 Å². The number of alkyl halides is 3. The fourth-order valence-electron chi connectivity index (χ4n) is 3.58. The van der Waals surface area contributed by atoms with Crippen molar-refractivity contribution in [2.75, 3.05) is 11.5 Å². The Morgan fingerprint density at radius 2 is 1.79 bits per heavy atom. The summed E-state index contributed by atoms with van der Waals surface area (Å²) in [5.74, 6) is -2.92. The lowest BCUT2D eigenvalue weighted by Crippen LogP contribution is -2.47. The first kappa shape index (κ1) is 30.0. The third-order valence-electron chi connectivity index (χ3n) is 5.60. The maximum atomic E-state index is 14.0. The summed E-state index contributed by atoms with van der Waals surface area (Å²) in [6.45, 7) is 4.86. The first-order valence-electron chi connectivity index (χ1n) is 11.8. The molecule has 39 heavy (non-hydrogen) atoms. The maximum Gasteiger partial charge on any atom is 0.423 e. The minimum Gasteiger partial charge on any atom is -0.444 e. The van der Waals surface area contributed by atoms with E-state index in [1.165, 1.54) is 12.1 Å². The predicted octanol–water partition coefficient (Wildman–Crippen LogP) is 3.73. The van der Waals surface area contributed by atoms with Gasteiger partial charge in [0.05, 0.1) is 27.2 Å². The van der Waals surface area contributed by atoms with Gasteiger partial charge in [-0.25, -0.2) is 13.8 Å². The van der Waals surface area contributed by atoms with Crippen LogP contribution in [0.1, 0.15) is 49.7 Å². The summed E-state index contributed by atoms with van der Waals surface area (Å²) in [5, 5.41) is 12.9. The van der Waals surface area contributed by atoms with Crippen LogP contribution in [0.4, 0.5) is 18.0 Å². The molecule has 2 unspecified atom stereocenters. The number of halogens is 3. The van der Waals surface area contributed by atoms with E-state index in [9.17, 15) is 36.9 Å². The molecule has 2 amide bonds. The van der Waals surface area contributed by atoms with E-state index in [1.54, 1.807) is 39.0 Å². The maximum absolute atomic E-state index is 14.0. The van der Waals surface area contributed by atoms with Crippen LogP contribution < -0.4 is 10.1 Å². The fourth-order valence-corrected chi connectivity index (χ4v) is 5.64. The van der Waals surface area contributed by atoms with Gasteiger partial charge in [-0.1, -0.05) is 18.2 Å². The lowest BCUT2D eigenvalue weighted by Gasteiger charge is -2.31. The molecule has 0 bridgehead atoms. The predicted molar refractivity (Wildman–Crippen MR) is 133 cm³/mol. The monoisotopic (exact) mass is 571 g/mol. The van der Waals surface area contributed by atoms with Gasteiger partial charge in [0.1, 0.15) is 17.4 Å². The minimum absolute atomic E-state index is 0.134. The summed E-state index contributed by atoms with van der Waals surface area (Å²) in [6, 6.07) is 8.64. The molecule has 1 aromatic carbocycles. The average Bonchev–Trinajstić information content (AvgIpc) is 2.84. The van der Waals surface area contributed by atoms with Crippen LogP contribution >= 0.6 is 0 Å². The number of esters is 1. The van der Waals surface area contributed by atoms with E-state index in [2.05, 4.69) is 14.7 Å². The van der Waals surface area contributed by atoms with E-state index in [4.69, 9.17) is 9.47 Å². The summed E-state index contributed by atoms with van der Waals surface area (Å²) < 4.78 is 68.8. The van der Waals surface area contributed by atoms with Crippen LogP contribution in [0.3, 0.4) is 0 Å². The van der Waals surface area contributed by atoms with E-state index in [1.807, 2.05) is 0 Å². The number of benzene rings is 1. The molecule has 1 aromatic heterocycles. The van der Waals surface area contributed by atoms with Crippen LogP contribution in [0.25, 0.3) is 0 Å². The molecule has 3 atom stereocenters. The highest BCUT2D eigenvalue weighted by molar-refractivity contribution is 7.93. The number of hydrogen-bond acceptors (Lipinski definition) is 8. The molecule has 2 N–H and O–H groups in total. The highest BCUT2D eigenvalue weighted by Gasteiger charge is 2.56. The largest absolute Gasteiger partial charge is 0.444 e. The molecule has 2 heterocycles. The van der Waals surface area contributed by atoms with E-state index < -0.39 is 69.0 Å². The number of amides is 2. The van der Waals surface area contributed by atoms with Gasteiger partial charge < -0.3 is 19.9 Å². The van der Waals surface area contributed by atoms with Crippen LogP contribution in [0, 0.1) is 0 Å². The summed E-state index contributed by atoms with van der Waals surface area (Å²) in [6.07, 6.45) is -6.50. The number of nitrogens with one attached hydrogen (secondary N) is 1. The molecule has 1 aliphatic heterocycles. The molecular weight excluding hydrogens is 543 g/mol. The van der Waals surface area contributed by atoms with Crippen LogP contribution in [0.2, 0.25) is 0 Å². The second kappa shape index (κ2) is 11.3. The van der Waals surface area contributed by atoms with Crippen molar-refractivity contribution in [3.8, 4) is 5.75 Å². The number of pyridine rings is 1. The van der Waals surface area contributed by atoms with Crippen molar-refractivity contribution in [2.45, 2.75) is 57.0 Å². The van der Waals surface area contributed by atoms with Crippen molar-refractivity contribution in [3.63, 3.8) is 0 Å². The molecule has 2 aromatic rings. The molecule has 0 saturated carbocycles. The van der Waals surface area contributed by atoms with Crippen molar-refractivity contribution in [2.24, 2.45) is 4.36 Å². The number of aliphatic hydroxyl groups is 1. The Balaban J connectivity index is 1.72. The van der Waals surface area contributed by atoms with E-state index in [0.717, 1.165) is 18.3 Å². The molecule has 0 fully saturated rings. The van der Waals surface area contributed by atoms with Gasteiger partial charge in [-0.05, 0) is 51.5 Å². The third kappa shape index (κ3) is 7.76. The lowest BCUT2D eigenvalue weighted by atomic mass is 9.95. The zero-order valence-corrected chi connectivity index (χ0v) is 22.2. The number of rotatable bonds is 7. The molecule has 0 saturated heterocycles. The summed E-state index contributed by atoms with van der Waals surface area (Å²) >= 11 is 0. The first-order valence-corrected chi connectivity index (χ1v) is 13.7. The van der Waals surface area contributed by atoms with Crippen molar-refractivity contribution in [3.05, 3.63) is 59.9 Å². The molecular formula is C25H28F3N3O7S. The summed E-state index contributed by atoms with van der Waals surface area (Å²) in [4.78, 5) is 40.1. The standard InChI is InChI=1S/C25H28F3N3O7S/c1-23(2,3)38-22(34)30-18-11-13-39(36,31-20(18)32)14-12-24(35,25(26,27)28)19-10-9-17(15-29-19)37-21(33)16-7-5-4-6-8-16/h4-10,15,18,35H,11-14H2,1-3H3,(H,30,34)/t18-,24?,39?/m0/s1. The van der Waals surface area contributed by atoms with Gasteiger partial charge >= 0.3 is 18.2 Å². The van der Waals surface area contributed by atoms with Gasteiger partial charge in [-0.15, -0.1) is 0 Å². The van der Waals surface area contributed by atoms with Crippen LogP contribution in [-0.4, -0.2) is 61.6 Å². The van der Waals surface area contributed by atoms with Crippen LogP contribution in [-0.2, 0) is 24.9 Å². The average molecular weight is 572 g/mol. The second-order valence-corrected chi connectivity index (χ2v) is 12.4. The molecule has 0 radical (unpaired) electrons. The van der Waals surface area contributed by atoms with Gasteiger partial charge in [-0.3, -0.25) is 9.78 Å². The number of carbonyl (C=O) groups is 3. The van der Waals surface area contributed by atoms with Crippen molar-refractivity contribution in [1.82, 2.24) is 10.3 Å². The topological polar surface area (TPSA) is 144 Å². The molecule has 14 heteroatoms. The summed E-state index contributed by atoms with van der Waals surface area (Å²) in [7, 11) is -3.47. The van der Waals surface area contributed by atoms with E-state index in [0.29, 0.717) is 0 Å². The van der Waals surface area contributed by atoms with Gasteiger partial charge in [0.15, 0.2) is 0 Å². The molecule has 1 aliphatic rings. The normalized spacial score (nSPS) is 21.3. The Kier molecular flexibility index (Phi) is 8.70. The quantitative estimate of drug-likeness (QED) is 0.479. The molecule has 10 nitrogen and oxygen atoms in total. The zero-order chi connectivity index (χ0) is 29.1. The fraction of sp³-hybridized carbons (Fsp3) is 0.440. The Morgan fingerprint density at radius 1 is 1.13 bits per heavy atom. The second-order valence-electron chi connectivity index (χ2n) is 9.84. The van der Waals surface area contributed by atoms with Crippen LogP contribution in [0.15, 0.2) is 53.0 Å². The Morgan fingerprint density at radius 3 is 2.33 bits per heavy atom. The number of alkyl carbamates (subject to hydrolysis) is 1. The highest BCUT2D eigenvalue weighted by Crippen LogP contribution is 2.41. The smallest absolute Gasteiger partial charge is 0.423 e. The number of ether oxygens (including phenoxy) is 2. The summed E-state index contributed by atoms with van der Waals surface area (Å²) in [5.41, 5.74) is -4.95. The number of carbonyl (C=O) groups excluding carboxylic acids is 3. The Labute approximate surface area is 223 Å². The van der Waals surface area contributed by atoms with Crippen LogP contribution in [0.5, 0.6) is 5.75 Å². The number of nitrogens with zero attached hydrogens (tertiary/aromatic N) is 2. The van der Waals surface area contributed by atoms with E-state index in [-0.39, 0.29) is 23.5 Å². The molecule has 0 spiro atoms. The Hall–Kier alpha value is -3.52. The SMILES string of the molecule is CC(C)(C)OC(=O)N[C@H]1CCS(=O)(CCC(O)(c2ccc(OC(=O)c3ccccc3)cn2)C(F)(F)F)=NC1=O. The lowest BCUT2D eigenvalue weighted by molar-refractivity contribution is -0.268. The van der Waals surface area contributed by atoms with Gasteiger partial charge in [0.2, 0.25) is 5.60 Å². The highest BCUT2D eigenvalue weighted by atomic mass is 32.2. The molecule has 0 aliphatic carbocycles. The Bertz CT molecular complexity index is 1340. The van der Waals surface area contributed by atoms with Crippen molar-refractivity contribution < 1.29 is 46.3 Å². The van der Waals surface area contributed by atoms with Crippen molar-refractivity contribution in [1.29, 1.82) is 0 Å². The minimum atomic E-state index is -5.22. The number of hydrogen-bond donors (Lipinski definition) is 2. The number of aromatic nitrogens is 1. The van der Waals surface area contributed by atoms with E-state index >= 15 is 0 Å². The third-order valence-corrected chi connectivity index (χ3v) is 7.83.